The highest BCUT2D eigenvalue weighted by Crippen LogP contribution is 2.30. The summed E-state index contributed by atoms with van der Waals surface area (Å²) in [6, 6.07) is 5.89. The Hall–Kier alpha value is -1.75. The molecule has 4 nitrogen and oxygen atoms in total. The third-order valence-electron chi connectivity index (χ3n) is 3.66. The van der Waals surface area contributed by atoms with Crippen molar-refractivity contribution in [3.63, 3.8) is 0 Å². The normalized spacial score (nSPS) is 10.9. The summed E-state index contributed by atoms with van der Waals surface area (Å²) in [4.78, 5) is 12.6. The number of hydrogen-bond donors (Lipinski definition) is 1. The average molecular weight is 365 g/mol. The first-order valence-electron chi connectivity index (χ1n) is 7.18. The van der Waals surface area contributed by atoms with Gasteiger partial charge in [0.15, 0.2) is 0 Å². The topological polar surface area (TPSA) is 43.3 Å². The van der Waals surface area contributed by atoms with Crippen molar-refractivity contribution in [2.75, 3.05) is 12.4 Å². The van der Waals surface area contributed by atoms with Crippen molar-refractivity contribution in [3.05, 3.63) is 45.7 Å². The number of nitrogens with one attached hydrogen (secondary N) is 1. The summed E-state index contributed by atoms with van der Waals surface area (Å²) in [5, 5.41) is 2.98. The number of rotatable bonds is 4. The van der Waals surface area contributed by atoms with Gasteiger partial charge in [-0.1, -0.05) is 6.07 Å². The summed E-state index contributed by atoms with van der Waals surface area (Å²) in [5.41, 5.74) is 3.37. The second kappa shape index (κ2) is 6.57. The van der Waals surface area contributed by atoms with Crippen LogP contribution < -0.4 is 10.1 Å². The molecular formula is C17H21BrN2O2. The molecule has 1 heterocycles. The summed E-state index contributed by atoms with van der Waals surface area (Å²) < 4.78 is 8.24. The molecule has 0 saturated heterocycles. The van der Waals surface area contributed by atoms with Crippen molar-refractivity contribution in [2.24, 2.45) is 0 Å². The lowest BCUT2D eigenvalue weighted by molar-refractivity contribution is 0.101. The lowest BCUT2D eigenvalue weighted by atomic mass is 10.1. The highest BCUT2D eigenvalue weighted by molar-refractivity contribution is 9.10. The molecule has 0 aliphatic rings. The van der Waals surface area contributed by atoms with Crippen LogP contribution in [0.3, 0.4) is 0 Å². The molecule has 1 aromatic carbocycles. The van der Waals surface area contributed by atoms with E-state index in [1.54, 1.807) is 7.11 Å². The molecule has 2 rings (SSSR count). The van der Waals surface area contributed by atoms with E-state index in [2.05, 4.69) is 21.2 Å². The molecule has 0 fully saturated rings. The number of benzene rings is 1. The van der Waals surface area contributed by atoms with Crippen LogP contribution in [0.5, 0.6) is 5.75 Å². The van der Waals surface area contributed by atoms with Gasteiger partial charge in [-0.25, -0.2) is 0 Å². The summed E-state index contributed by atoms with van der Waals surface area (Å²) in [6.45, 7) is 8.02. The van der Waals surface area contributed by atoms with Crippen LogP contribution in [0.15, 0.2) is 28.9 Å². The maximum atomic E-state index is 12.6. The fraction of sp³-hybridized carbons (Fsp3) is 0.353. The number of aromatic nitrogens is 1. The number of aryl methyl sites for hydroxylation is 1. The van der Waals surface area contributed by atoms with Crippen molar-refractivity contribution in [1.29, 1.82) is 0 Å². The standard InChI is InChI=1S/C17H21BrN2O2/c1-10(2)20-9-13(18)8-15(20)17(21)19-14-7-6-11(3)16(22-5)12(14)4/h6-10H,1-5H3,(H,19,21). The molecule has 0 atom stereocenters. The quantitative estimate of drug-likeness (QED) is 0.853. The van der Waals surface area contributed by atoms with Crippen molar-refractivity contribution in [1.82, 2.24) is 4.57 Å². The van der Waals surface area contributed by atoms with Crippen LogP contribution in [0.4, 0.5) is 5.69 Å². The number of halogens is 1. The van der Waals surface area contributed by atoms with E-state index < -0.39 is 0 Å². The molecule has 0 radical (unpaired) electrons. The molecule has 0 saturated carbocycles. The van der Waals surface area contributed by atoms with Crippen LogP contribution in [0.25, 0.3) is 0 Å². The number of methoxy groups -OCH3 is 1. The summed E-state index contributed by atoms with van der Waals surface area (Å²) >= 11 is 3.43. The Labute approximate surface area is 139 Å². The van der Waals surface area contributed by atoms with E-state index in [4.69, 9.17) is 4.74 Å². The van der Waals surface area contributed by atoms with Crippen LogP contribution in [0, 0.1) is 13.8 Å². The van der Waals surface area contributed by atoms with E-state index in [1.807, 2.05) is 56.7 Å². The van der Waals surface area contributed by atoms with E-state index in [-0.39, 0.29) is 11.9 Å². The molecule has 0 spiro atoms. The highest BCUT2D eigenvalue weighted by Gasteiger charge is 2.17. The molecule has 0 aliphatic carbocycles. The van der Waals surface area contributed by atoms with Gasteiger partial charge in [-0.2, -0.15) is 0 Å². The summed E-state index contributed by atoms with van der Waals surface area (Å²) in [5.74, 6) is 0.673. The maximum absolute atomic E-state index is 12.6. The lowest BCUT2D eigenvalue weighted by Gasteiger charge is -2.16. The fourth-order valence-electron chi connectivity index (χ4n) is 2.52. The van der Waals surface area contributed by atoms with Crippen LogP contribution in [0.1, 0.15) is 41.5 Å². The molecule has 5 heteroatoms. The zero-order chi connectivity index (χ0) is 16.4. The Bertz CT molecular complexity index is 705. The third-order valence-corrected chi connectivity index (χ3v) is 4.09. The molecule has 1 amide bonds. The number of hydrogen-bond acceptors (Lipinski definition) is 2. The van der Waals surface area contributed by atoms with Crippen LogP contribution >= 0.6 is 15.9 Å². The number of ether oxygens (including phenoxy) is 1. The Morgan fingerprint density at radius 3 is 2.59 bits per heavy atom. The molecule has 1 N–H and O–H groups in total. The number of amides is 1. The van der Waals surface area contributed by atoms with E-state index in [1.165, 1.54) is 0 Å². The minimum atomic E-state index is -0.131. The van der Waals surface area contributed by atoms with Gasteiger partial charge in [-0.3, -0.25) is 4.79 Å². The Kier molecular flexibility index (Phi) is 4.96. The monoisotopic (exact) mass is 364 g/mol. The average Bonchev–Trinajstić information content (AvgIpc) is 2.85. The van der Waals surface area contributed by atoms with Crippen molar-refractivity contribution in [3.8, 4) is 5.75 Å². The van der Waals surface area contributed by atoms with E-state index in [0.29, 0.717) is 5.69 Å². The Balaban J connectivity index is 2.34. The first-order valence-corrected chi connectivity index (χ1v) is 7.97. The van der Waals surface area contributed by atoms with Gasteiger partial charge in [0.25, 0.3) is 5.91 Å². The summed E-state index contributed by atoms with van der Waals surface area (Å²) in [6.07, 6.45) is 1.92. The smallest absolute Gasteiger partial charge is 0.272 e. The first kappa shape index (κ1) is 16.6. The van der Waals surface area contributed by atoms with E-state index in [0.717, 1.165) is 27.0 Å². The van der Waals surface area contributed by atoms with Gasteiger partial charge < -0.3 is 14.6 Å². The molecule has 22 heavy (non-hydrogen) atoms. The molecule has 0 unspecified atom stereocenters. The second-order valence-corrected chi connectivity index (χ2v) is 6.50. The molecule has 2 aromatic rings. The third kappa shape index (κ3) is 3.19. The predicted octanol–water partition coefficient (Wildman–Crippen LogP) is 4.71. The van der Waals surface area contributed by atoms with Crippen LogP contribution in [-0.2, 0) is 0 Å². The molecule has 1 aromatic heterocycles. The van der Waals surface area contributed by atoms with Crippen LogP contribution in [0.2, 0.25) is 0 Å². The van der Waals surface area contributed by atoms with Gasteiger partial charge in [0, 0.05) is 28.0 Å². The van der Waals surface area contributed by atoms with Gasteiger partial charge in [0.05, 0.1) is 7.11 Å². The van der Waals surface area contributed by atoms with E-state index >= 15 is 0 Å². The van der Waals surface area contributed by atoms with Crippen molar-refractivity contribution >= 4 is 27.5 Å². The second-order valence-electron chi connectivity index (χ2n) is 5.59. The molecule has 118 valence electrons. The van der Waals surface area contributed by atoms with Crippen molar-refractivity contribution in [2.45, 2.75) is 33.7 Å². The number of nitrogens with zero attached hydrogens (tertiary/aromatic N) is 1. The fourth-order valence-corrected chi connectivity index (χ4v) is 2.96. The molecular weight excluding hydrogens is 344 g/mol. The molecule has 0 aliphatic heterocycles. The number of carbonyl (C=O) groups excluding carboxylic acids is 1. The van der Waals surface area contributed by atoms with Gasteiger partial charge >= 0.3 is 0 Å². The minimum Gasteiger partial charge on any atom is -0.496 e. The minimum absolute atomic E-state index is 0.131. The predicted molar refractivity (Wildman–Crippen MR) is 92.9 cm³/mol. The summed E-state index contributed by atoms with van der Waals surface area (Å²) in [7, 11) is 1.64. The Morgan fingerprint density at radius 2 is 2.00 bits per heavy atom. The SMILES string of the molecule is COc1c(C)ccc(NC(=O)c2cc(Br)cn2C(C)C)c1C. The van der Waals surface area contributed by atoms with Gasteiger partial charge in [-0.05, 0) is 61.3 Å². The van der Waals surface area contributed by atoms with Gasteiger partial charge in [0.1, 0.15) is 11.4 Å². The highest BCUT2D eigenvalue weighted by atomic mass is 79.9. The van der Waals surface area contributed by atoms with E-state index in [9.17, 15) is 4.79 Å². The maximum Gasteiger partial charge on any atom is 0.272 e. The van der Waals surface area contributed by atoms with Gasteiger partial charge in [-0.15, -0.1) is 0 Å². The zero-order valence-corrected chi connectivity index (χ0v) is 15.1. The largest absolute Gasteiger partial charge is 0.496 e. The number of anilines is 1. The zero-order valence-electron chi connectivity index (χ0n) is 13.5. The van der Waals surface area contributed by atoms with Crippen LogP contribution in [-0.4, -0.2) is 17.6 Å². The molecule has 0 bridgehead atoms. The van der Waals surface area contributed by atoms with Gasteiger partial charge in [0.2, 0.25) is 0 Å². The lowest BCUT2D eigenvalue weighted by Crippen LogP contribution is -2.18. The first-order chi connectivity index (χ1) is 10.3. The Morgan fingerprint density at radius 1 is 1.32 bits per heavy atom. The van der Waals surface area contributed by atoms with Crippen molar-refractivity contribution < 1.29 is 9.53 Å². The number of carbonyl (C=O) groups is 1.